The monoisotopic (exact) mass is 256 g/mol. The predicted molar refractivity (Wildman–Crippen MR) is 69.1 cm³/mol. The highest BCUT2D eigenvalue weighted by atomic mass is 32.2. The molecule has 1 aromatic carbocycles. The maximum atomic E-state index is 11.3. The molecule has 0 saturated carbocycles. The zero-order chi connectivity index (χ0) is 12.9. The van der Waals surface area contributed by atoms with Crippen molar-refractivity contribution in [2.45, 2.75) is 37.6 Å². The zero-order valence-corrected chi connectivity index (χ0v) is 11.1. The first-order valence-corrected chi connectivity index (χ1v) is 7.39. The van der Waals surface area contributed by atoms with Crippen molar-refractivity contribution in [3.8, 4) is 0 Å². The van der Waals surface area contributed by atoms with Crippen molar-refractivity contribution in [2.24, 2.45) is 5.14 Å². The van der Waals surface area contributed by atoms with E-state index in [1.807, 2.05) is 6.07 Å². The van der Waals surface area contributed by atoms with Gasteiger partial charge in [-0.3, -0.25) is 0 Å². The van der Waals surface area contributed by atoms with E-state index in [-0.39, 0.29) is 10.9 Å². The molecule has 1 atom stereocenters. The Labute approximate surface area is 103 Å². The summed E-state index contributed by atoms with van der Waals surface area (Å²) in [6.07, 6.45) is 1.96. The van der Waals surface area contributed by atoms with E-state index in [1.165, 1.54) is 6.07 Å². The molecule has 4 nitrogen and oxygen atoms in total. The molecule has 0 radical (unpaired) electrons. The van der Waals surface area contributed by atoms with Crippen molar-refractivity contribution in [3.05, 3.63) is 29.8 Å². The number of sulfonamides is 1. The number of rotatable bonds is 6. The number of benzene rings is 1. The largest absolute Gasteiger partial charge is 0.310 e. The average molecular weight is 256 g/mol. The molecule has 0 spiro atoms. The fourth-order valence-electron chi connectivity index (χ4n) is 1.72. The van der Waals surface area contributed by atoms with Gasteiger partial charge >= 0.3 is 0 Å². The molecule has 0 amide bonds. The van der Waals surface area contributed by atoms with Gasteiger partial charge in [-0.2, -0.15) is 0 Å². The minimum atomic E-state index is -3.62. The first kappa shape index (κ1) is 14.2. The third kappa shape index (κ3) is 4.11. The normalized spacial score (nSPS) is 13.6. The molecule has 0 saturated heterocycles. The molecule has 0 aliphatic rings. The summed E-state index contributed by atoms with van der Waals surface area (Å²) in [5.74, 6) is 0. The molecule has 0 heterocycles. The second-order valence-electron chi connectivity index (χ2n) is 4.03. The summed E-state index contributed by atoms with van der Waals surface area (Å²) >= 11 is 0. The van der Waals surface area contributed by atoms with Crippen LogP contribution in [-0.2, 0) is 10.0 Å². The first-order chi connectivity index (χ1) is 7.99. The van der Waals surface area contributed by atoms with E-state index >= 15 is 0 Å². The zero-order valence-electron chi connectivity index (χ0n) is 10.3. The van der Waals surface area contributed by atoms with Crippen LogP contribution >= 0.6 is 0 Å². The Morgan fingerprint density at radius 3 is 2.59 bits per heavy atom. The summed E-state index contributed by atoms with van der Waals surface area (Å²) in [7, 11) is -3.62. The van der Waals surface area contributed by atoms with Crippen LogP contribution in [0.1, 0.15) is 38.3 Å². The lowest BCUT2D eigenvalue weighted by atomic mass is 10.0. The van der Waals surface area contributed by atoms with Gasteiger partial charge in [0.1, 0.15) is 0 Å². The van der Waals surface area contributed by atoms with E-state index in [0.29, 0.717) is 0 Å². The highest BCUT2D eigenvalue weighted by Gasteiger charge is 2.12. The van der Waals surface area contributed by atoms with Gasteiger partial charge in [-0.05, 0) is 37.1 Å². The van der Waals surface area contributed by atoms with Crippen molar-refractivity contribution >= 4 is 10.0 Å². The lowest BCUT2D eigenvalue weighted by molar-refractivity contribution is 0.517. The number of hydrogen-bond acceptors (Lipinski definition) is 3. The number of nitrogens with one attached hydrogen (secondary N) is 1. The molecular weight excluding hydrogens is 236 g/mol. The molecule has 0 fully saturated rings. The van der Waals surface area contributed by atoms with Crippen LogP contribution in [0.15, 0.2) is 29.2 Å². The third-order valence-corrected chi connectivity index (χ3v) is 3.55. The lowest BCUT2D eigenvalue weighted by Crippen LogP contribution is -2.22. The standard InChI is InChI=1S/C12H20N2O2S/c1-3-8-14-12(4-2)10-6-5-7-11(9-10)17(13,15)16/h5-7,9,12,14H,3-4,8H2,1-2H3,(H2,13,15,16). The lowest BCUT2D eigenvalue weighted by Gasteiger charge is -2.17. The van der Waals surface area contributed by atoms with Gasteiger partial charge in [0.05, 0.1) is 4.90 Å². The molecule has 3 N–H and O–H groups in total. The van der Waals surface area contributed by atoms with Crippen LogP contribution in [0.25, 0.3) is 0 Å². The van der Waals surface area contributed by atoms with Gasteiger partial charge in [0, 0.05) is 6.04 Å². The van der Waals surface area contributed by atoms with E-state index in [9.17, 15) is 8.42 Å². The van der Waals surface area contributed by atoms with E-state index < -0.39 is 10.0 Å². The Morgan fingerprint density at radius 2 is 2.06 bits per heavy atom. The summed E-state index contributed by atoms with van der Waals surface area (Å²) < 4.78 is 22.5. The van der Waals surface area contributed by atoms with Gasteiger partial charge < -0.3 is 5.32 Å². The molecular formula is C12H20N2O2S. The topological polar surface area (TPSA) is 72.2 Å². The molecule has 1 rings (SSSR count). The van der Waals surface area contributed by atoms with E-state index in [4.69, 9.17) is 5.14 Å². The summed E-state index contributed by atoms with van der Waals surface area (Å²) in [5.41, 5.74) is 0.965. The van der Waals surface area contributed by atoms with E-state index in [2.05, 4.69) is 19.2 Å². The van der Waals surface area contributed by atoms with Crippen LogP contribution < -0.4 is 10.5 Å². The Balaban J connectivity index is 2.97. The highest BCUT2D eigenvalue weighted by molar-refractivity contribution is 7.89. The van der Waals surface area contributed by atoms with E-state index in [0.717, 1.165) is 24.9 Å². The third-order valence-electron chi connectivity index (χ3n) is 2.64. The fraction of sp³-hybridized carbons (Fsp3) is 0.500. The number of nitrogens with two attached hydrogens (primary N) is 1. The smallest absolute Gasteiger partial charge is 0.238 e. The Kier molecular flexibility index (Phi) is 5.11. The second kappa shape index (κ2) is 6.14. The summed E-state index contributed by atoms with van der Waals surface area (Å²) in [6.45, 7) is 5.08. The summed E-state index contributed by atoms with van der Waals surface area (Å²) in [5, 5.41) is 8.50. The average Bonchev–Trinajstić information content (AvgIpc) is 2.29. The van der Waals surface area contributed by atoms with Gasteiger partial charge in [0.25, 0.3) is 0 Å². The molecule has 0 aliphatic heterocycles. The van der Waals surface area contributed by atoms with Crippen molar-refractivity contribution in [1.82, 2.24) is 5.32 Å². The second-order valence-corrected chi connectivity index (χ2v) is 5.59. The van der Waals surface area contributed by atoms with Crippen LogP contribution in [0, 0.1) is 0 Å². The predicted octanol–water partition coefficient (Wildman–Crippen LogP) is 1.78. The van der Waals surface area contributed by atoms with Crippen LogP contribution in [0.2, 0.25) is 0 Å². The Bertz CT molecular complexity index is 457. The van der Waals surface area contributed by atoms with Crippen molar-refractivity contribution in [1.29, 1.82) is 0 Å². The van der Waals surface area contributed by atoms with Gasteiger partial charge in [-0.1, -0.05) is 26.0 Å². The highest BCUT2D eigenvalue weighted by Crippen LogP contribution is 2.19. The van der Waals surface area contributed by atoms with Crippen molar-refractivity contribution in [2.75, 3.05) is 6.54 Å². The maximum Gasteiger partial charge on any atom is 0.238 e. The molecule has 0 aromatic heterocycles. The molecule has 17 heavy (non-hydrogen) atoms. The van der Waals surface area contributed by atoms with Crippen molar-refractivity contribution < 1.29 is 8.42 Å². The van der Waals surface area contributed by atoms with Gasteiger partial charge in [-0.25, -0.2) is 13.6 Å². The van der Waals surface area contributed by atoms with E-state index in [1.54, 1.807) is 12.1 Å². The molecule has 0 aliphatic carbocycles. The quantitative estimate of drug-likeness (QED) is 0.815. The molecule has 1 unspecified atom stereocenters. The molecule has 5 heteroatoms. The fourth-order valence-corrected chi connectivity index (χ4v) is 2.29. The summed E-state index contributed by atoms with van der Waals surface area (Å²) in [4.78, 5) is 0.173. The minimum absolute atomic E-state index is 0.173. The van der Waals surface area contributed by atoms with Crippen LogP contribution in [-0.4, -0.2) is 15.0 Å². The minimum Gasteiger partial charge on any atom is -0.310 e. The Hall–Kier alpha value is -0.910. The van der Waals surface area contributed by atoms with Crippen LogP contribution in [0.5, 0.6) is 0 Å². The molecule has 1 aromatic rings. The number of primary sulfonamides is 1. The van der Waals surface area contributed by atoms with Gasteiger partial charge in [-0.15, -0.1) is 0 Å². The maximum absolute atomic E-state index is 11.3. The molecule has 96 valence electrons. The van der Waals surface area contributed by atoms with Crippen LogP contribution in [0.3, 0.4) is 0 Å². The van der Waals surface area contributed by atoms with Gasteiger partial charge in [0.15, 0.2) is 0 Å². The Morgan fingerprint density at radius 1 is 1.35 bits per heavy atom. The van der Waals surface area contributed by atoms with Crippen molar-refractivity contribution in [3.63, 3.8) is 0 Å². The summed E-state index contributed by atoms with van der Waals surface area (Å²) in [6, 6.07) is 6.99. The first-order valence-electron chi connectivity index (χ1n) is 5.85. The number of hydrogen-bond donors (Lipinski definition) is 2. The van der Waals surface area contributed by atoms with Crippen LogP contribution in [0.4, 0.5) is 0 Å². The molecule has 0 bridgehead atoms. The van der Waals surface area contributed by atoms with Gasteiger partial charge in [0.2, 0.25) is 10.0 Å². The SMILES string of the molecule is CCCNC(CC)c1cccc(S(N)(=O)=O)c1.